The Morgan fingerprint density at radius 1 is 1.33 bits per heavy atom. The van der Waals surface area contributed by atoms with Crippen LogP contribution in [0.3, 0.4) is 0 Å². The maximum Gasteiger partial charge on any atom is 0.254 e. The first-order valence-electron chi connectivity index (χ1n) is 7.56. The van der Waals surface area contributed by atoms with Gasteiger partial charge in [-0.15, -0.1) is 0 Å². The Balaban J connectivity index is 1.97. The van der Waals surface area contributed by atoms with Crippen LogP contribution in [0.25, 0.3) is 0 Å². The quantitative estimate of drug-likeness (QED) is 0.604. The van der Waals surface area contributed by atoms with Gasteiger partial charge >= 0.3 is 0 Å². The standard InChI is InChI=1S/C18H25NOSi/c1-15-13-19(18(20)16-9-6-5-7-10-16)14-17(15)11-8-12-21(2,3)4/h5-10,12,17H,1,11,13-14H2,2-4H3/b12-8+. The van der Waals surface area contributed by atoms with Gasteiger partial charge < -0.3 is 4.90 Å². The summed E-state index contributed by atoms with van der Waals surface area (Å²) in [5.74, 6) is 0.527. The van der Waals surface area contributed by atoms with Gasteiger partial charge in [0.15, 0.2) is 0 Å². The second kappa shape index (κ2) is 6.44. The van der Waals surface area contributed by atoms with Crippen LogP contribution in [0, 0.1) is 5.92 Å². The third-order valence-corrected chi connectivity index (χ3v) is 4.99. The molecule has 1 aromatic rings. The summed E-state index contributed by atoms with van der Waals surface area (Å²) in [6, 6.07) is 9.51. The van der Waals surface area contributed by atoms with Gasteiger partial charge in [0, 0.05) is 24.6 Å². The van der Waals surface area contributed by atoms with Crippen LogP contribution in [0.15, 0.2) is 54.3 Å². The van der Waals surface area contributed by atoms with Gasteiger partial charge in [-0.1, -0.05) is 61.8 Å². The van der Waals surface area contributed by atoms with Crippen molar-refractivity contribution < 1.29 is 4.79 Å². The normalized spacial score (nSPS) is 19.5. The summed E-state index contributed by atoms with van der Waals surface area (Å²) in [5.41, 5.74) is 4.32. The van der Waals surface area contributed by atoms with E-state index in [1.54, 1.807) is 0 Å². The first-order chi connectivity index (χ1) is 9.87. The third kappa shape index (κ3) is 4.43. The first-order valence-corrected chi connectivity index (χ1v) is 11.1. The highest BCUT2D eigenvalue weighted by molar-refractivity contribution is 6.80. The molecule has 0 aliphatic carbocycles. The van der Waals surface area contributed by atoms with Crippen molar-refractivity contribution in [2.24, 2.45) is 5.92 Å². The lowest BCUT2D eigenvalue weighted by Crippen LogP contribution is -2.28. The molecule has 21 heavy (non-hydrogen) atoms. The van der Waals surface area contributed by atoms with E-state index < -0.39 is 8.07 Å². The number of carbonyl (C=O) groups excluding carboxylic acids is 1. The summed E-state index contributed by atoms with van der Waals surface area (Å²) in [6.07, 6.45) is 3.29. The number of carbonyl (C=O) groups is 1. The van der Waals surface area contributed by atoms with E-state index in [0.717, 1.165) is 18.5 Å². The van der Waals surface area contributed by atoms with Crippen LogP contribution in [0.1, 0.15) is 16.8 Å². The van der Waals surface area contributed by atoms with Crippen molar-refractivity contribution in [1.29, 1.82) is 0 Å². The molecule has 1 aromatic carbocycles. The minimum Gasteiger partial charge on any atom is -0.334 e. The zero-order valence-corrected chi connectivity index (χ0v) is 14.3. The van der Waals surface area contributed by atoms with Gasteiger partial charge in [0.05, 0.1) is 8.07 Å². The predicted molar refractivity (Wildman–Crippen MR) is 92.1 cm³/mol. The molecule has 0 N–H and O–H groups in total. The van der Waals surface area contributed by atoms with Crippen LogP contribution < -0.4 is 0 Å². The van der Waals surface area contributed by atoms with E-state index in [1.165, 1.54) is 5.57 Å². The maximum absolute atomic E-state index is 12.4. The van der Waals surface area contributed by atoms with Crippen LogP contribution in [0.4, 0.5) is 0 Å². The number of hydrogen-bond donors (Lipinski definition) is 0. The van der Waals surface area contributed by atoms with E-state index in [-0.39, 0.29) is 5.91 Å². The van der Waals surface area contributed by atoms with Crippen LogP contribution in [0.5, 0.6) is 0 Å². The highest BCUT2D eigenvalue weighted by atomic mass is 28.3. The SMILES string of the molecule is C=C1CN(C(=O)c2ccccc2)CC1C/C=C/[Si](C)(C)C. The zero-order chi connectivity index (χ0) is 15.5. The molecule has 0 radical (unpaired) electrons. The molecule has 0 saturated carbocycles. The summed E-state index contributed by atoms with van der Waals surface area (Å²) in [6.45, 7) is 12.6. The van der Waals surface area contributed by atoms with Crippen LogP contribution in [-0.4, -0.2) is 32.0 Å². The molecule has 1 atom stereocenters. The molecule has 1 saturated heterocycles. The molecular formula is C18H25NOSi. The van der Waals surface area contributed by atoms with Crippen molar-refractivity contribution in [3.63, 3.8) is 0 Å². The lowest BCUT2D eigenvalue weighted by Gasteiger charge is -2.16. The van der Waals surface area contributed by atoms with Crippen molar-refractivity contribution in [2.45, 2.75) is 26.1 Å². The monoisotopic (exact) mass is 299 g/mol. The molecule has 3 heteroatoms. The highest BCUT2D eigenvalue weighted by Crippen LogP contribution is 2.26. The van der Waals surface area contributed by atoms with E-state index in [0.29, 0.717) is 12.5 Å². The van der Waals surface area contributed by atoms with Gasteiger partial charge in [0.2, 0.25) is 0 Å². The molecular weight excluding hydrogens is 274 g/mol. The number of amides is 1. The minimum atomic E-state index is -1.13. The first kappa shape index (κ1) is 15.8. The molecule has 0 bridgehead atoms. The van der Waals surface area contributed by atoms with Crippen molar-refractivity contribution in [3.8, 4) is 0 Å². The lowest BCUT2D eigenvalue weighted by molar-refractivity contribution is 0.0789. The second-order valence-electron chi connectivity index (χ2n) is 6.91. The van der Waals surface area contributed by atoms with Gasteiger partial charge in [-0.25, -0.2) is 0 Å². The summed E-state index contributed by atoms with van der Waals surface area (Å²) >= 11 is 0. The average molecular weight is 299 g/mol. The minimum absolute atomic E-state index is 0.119. The number of hydrogen-bond acceptors (Lipinski definition) is 1. The van der Waals surface area contributed by atoms with Gasteiger partial charge in [-0.3, -0.25) is 4.79 Å². The van der Waals surface area contributed by atoms with Gasteiger partial charge in [-0.05, 0) is 18.6 Å². The molecule has 0 spiro atoms. The van der Waals surface area contributed by atoms with E-state index in [4.69, 9.17) is 0 Å². The van der Waals surface area contributed by atoms with E-state index in [9.17, 15) is 4.79 Å². The number of likely N-dealkylation sites (tertiary alicyclic amines) is 1. The molecule has 1 fully saturated rings. The fraction of sp³-hybridized carbons (Fsp3) is 0.389. The molecule has 1 aliphatic heterocycles. The molecule has 2 rings (SSSR count). The van der Waals surface area contributed by atoms with Crippen LogP contribution in [-0.2, 0) is 0 Å². The van der Waals surface area contributed by atoms with E-state index in [1.807, 2.05) is 35.2 Å². The van der Waals surface area contributed by atoms with E-state index >= 15 is 0 Å². The largest absolute Gasteiger partial charge is 0.334 e. The molecule has 1 heterocycles. The van der Waals surface area contributed by atoms with Gasteiger partial charge in [0.1, 0.15) is 0 Å². The van der Waals surface area contributed by atoms with Crippen molar-refractivity contribution in [3.05, 3.63) is 59.8 Å². The van der Waals surface area contributed by atoms with Crippen LogP contribution in [0.2, 0.25) is 19.6 Å². The topological polar surface area (TPSA) is 20.3 Å². The van der Waals surface area contributed by atoms with Crippen molar-refractivity contribution >= 4 is 14.0 Å². The lowest BCUT2D eigenvalue weighted by atomic mass is 10.0. The molecule has 2 nitrogen and oxygen atoms in total. The highest BCUT2D eigenvalue weighted by Gasteiger charge is 2.29. The molecule has 1 amide bonds. The Bertz CT molecular complexity index is 542. The average Bonchev–Trinajstić information content (AvgIpc) is 2.79. The van der Waals surface area contributed by atoms with Crippen molar-refractivity contribution in [2.75, 3.05) is 13.1 Å². The zero-order valence-electron chi connectivity index (χ0n) is 13.3. The number of allylic oxidation sites excluding steroid dienone is 1. The summed E-state index contributed by atoms with van der Waals surface area (Å²) < 4.78 is 0. The summed E-state index contributed by atoms with van der Waals surface area (Å²) in [7, 11) is -1.13. The fourth-order valence-electron chi connectivity index (χ4n) is 2.58. The maximum atomic E-state index is 12.4. The van der Waals surface area contributed by atoms with Gasteiger partial charge in [0.25, 0.3) is 5.91 Å². The van der Waals surface area contributed by atoms with Gasteiger partial charge in [-0.2, -0.15) is 0 Å². The number of rotatable bonds is 4. The Morgan fingerprint density at radius 2 is 2.00 bits per heavy atom. The Labute approximate surface area is 129 Å². The second-order valence-corrected chi connectivity index (χ2v) is 12.0. The summed E-state index contributed by atoms with van der Waals surface area (Å²) in [4.78, 5) is 14.4. The Morgan fingerprint density at radius 3 is 2.62 bits per heavy atom. The Kier molecular flexibility index (Phi) is 4.83. The summed E-state index contributed by atoms with van der Waals surface area (Å²) in [5, 5.41) is 0. The molecule has 1 unspecified atom stereocenters. The number of nitrogens with zero attached hydrogens (tertiary/aromatic N) is 1. The van der Waals surface area contributed by atoms with E-state index in [2.05, 4.69) is 38.0 Å². The molecule has 112 valence electrons. The van der Waals surface area contributed by atoms with Crippen LogP contribution >= 0.6 is 0 Å². The number of benzene rings is 1. The van der Waals surface area contributed by atoms with Crippen molar-refractivity contribution in [1.82, 2.24) is 4.90 Å². The molecule has 1 aliphatic rings. The third-order valence-electron chi connectivity index (χ3n) is 3.76. The Hall–Kier alpha value is -1.61. The molecule has 0 aromatic heterocycles. The fourth-order valence-corrected chi connectivity index (χ4v) is 3.42. The smallest absolute Gasteiger partial charge is 0.254 e. The predicted octanol–water partition coefficient (Wildman–Crippen LogP) is 4.14.